The van der Waals surface area contributed by atoms with Crippen LogP contribution in [0.5, 0.6) is 0 Å². The summed E-state index contributed by atoms with van der Waals surface area (Å²) < 4.78 is 6.11. The first-order valence-electron chi connectivity index (χ1n) is 6.53. The lowest BCUT2D eigenvalue weighted by molar-refractivity contribution is -0.0471. The number of hydrogen-bond acceptors (Lipinski definition) is 2. The number of aryl methyl sites for hydroxylation is 1. The predicted molar refractivity (Wildman–Crippen MR) is 70.8 cm³/mol. The average molecular weight is 233 g/mol. The maximum absolute atomic E-state index is 6.11. The van der Waals surface area contributed by atoms with E-state index in [1.807, 2.05) is 0 Å². The van der Waals surface area contributed by atoms with E-state index in [2.05, 4.69) is 38.1 Å². The molecule has 17 heavy (non-hydrogen) atoms. The van der Waals surface area contributed by atoms with Crippen LogP contribution in [-0.4, -0.2) is 12.1 Å². The van der Waals surface area contributed by atoms with Gasteiger partial charge < -0.3 is 10.5 Å². The van der Waals surface area contributed by atoms with Gasteiger partial charge in [0.2, 0.25) is 0 Å². The second kappa shape index (κ2) is 5.19. The SMILES string of the molecule is Cc1ccc(COC2(CN)CCC(C)C2)cc1. The summed E-state index contributed by atoms with van der Waals surface area (Å²) in [6, 6.07) is 8.53. The van der Waals surface area contributed by atoms with E-state index in [-0.39, 0.29) is 5.60 Å². The van der Waals surface area contributed by atoms with Crippen LogP contribution in [0.4, 0.5) is 0 Å². The lowest BCUT2D eigenvalue weighted by atomic mass is 10.0. The molecular weight excluding hydrogens is 210 g/mol. The van der Waals surface area contributed by atoms with Crippen molar-refractivity contribution < 1.29 is 4.74 Å². The molecule has 0 aliphatic heterocycles. The largest absolute Gasteiger partial charge is 0.369 e. The molecule has 0 aromatic heterocycles. The number of benzene rings is 1. The van der Waals surface area contributed by atoms with Gasteiger partial charge in [-0.25, -0.2) is 0 Å². The molecule has 0 bridgehead atoms. The van der Waals surface area contributed by atoms with E-state index in [0.717, 1.165) is 18.8 Å². The molecule has 1 saturated carbocycles. The Morgan fingerprint density at radius 3 is 2.59 bits per heavy atom. The highest BCUT2D eigenvalue weighted by atomic mass is 16.5. The molecule has 2 N–H and O–H groups in total. The maximum atomic E-state index is 6.11. The zero-order valence-corrected chi connectivity index (χ0v) is 10.9. The van der Waals surface area contributed by atoms with Gasteiger partial charge in [-0.15, -0.1) is 0 Å². The summed E-state index contributed by atoms with van der Waals surface area (Å²) >= 11 is 0. The first-order valence-corrected chi connectivity index (χ1v) is 6.53. The standard InChI is InChI=1S/C15H23NO/c1-12-3-5-14(6-4-12)10-17-15(11-16)8-7-13(2)9-15/h3-6,13H,7-11,16H2,1-2H3. The van der Waals surface area contributed by atoms with E-state index in [0.29, 0.717) is 13.2 Å². The van der Waals surface area contributed by atoms with Gasteiger partial charge >= 0.3 is 0 Å². The maximum Gasteiger partial charge on any atom is 0.0811 e. The monoisotopic (exact) mass is 233 g/mol. The summed E-state index contributed by atoms with van der Waals surface area (Å²) in [4.78, 5) is 0. The van der Waals surface area contributed by atoms with Crippen molar-refractivity contribution in [2.75, 3.05) is 6.54 Å². The van der Waals surface area contributed by atoms with Gasteiger partial charge in [0.1, 0.15) is 0 Å². The van der Waals surface area contributed by atoms with Crippen molar-refractivity contribution in [1.82, 2.24) is 0 Å². The van der Waals surface area contributed by atoms with Crippen LogP contribution in [0, 0.1) is 12.8 Å². The summed E-state index contributed by atoms with van der Waals surface area (Å²) in [5.41, 5.74) is 8.36. The van der Waals surface area contributed by atoms with Crippen molar-refractivity contribution >= 4 is 0 Å². The first-order chi connectivity index (χ1) is 8.13. The molecule has 2 nitrogen and oxygen atoms in total. The van der Waals surface area contributed by atoms with Crippen LogP contribution < -0.4 is 5.73 Å². The first kappa shape index (κ1) is 12.6. The molecule has 1 aromatic rings. The highest BCUT2D eigenvalue weighted by Gasteiger charge is 2.37. The van der Waals surface area contributed by atoms with Gasteiger partial charge in [0.25, 0.3) is 0 Å². The van der Waals surface area contributed by atoms with E-state index in [1.165, 1.54) is 17.5 Å². The second-order valence-corrected chi connectivity index (χ2v) is 5.51. The number of rotatable bonds is 4. The lowest BCUT2D eigenvalue weighted by Crippen LogP contribution is -2.38. The summed E-state index contributed by atoms with van der Waals surface area (Å²) in [7, 11) is 0. The minimum absolute atomic E-state index is 0.0652. The Bertz CT molecular complexity index is 360. The van der Waals surface area contributed by atoms with E-state index >= 15 is 0 Å². The highest BCUT2D eigenvalue weighted by Crippen LogP contribution is 2.37. The van der Waals surface area contributed by atoms with E-state index < -0.39 is 0 Å². The normalized spacial score (nSPS) is 28.5. The Morgan fingerprint density at radius 1 is 1.35 bits per heavy atom. The Hall–Kier alpha value is -0.860. The molecular formula is C15H23NO. The Kier molecular flexibility index (Phi) is 3.85. The third kappa shape index (κ3) is 3.08. The third-order valence-electron chi connectivity index (χ3n) is 3.85. The second-order valence-electron chi connectivity index (χ2n) is 5.51. The van der Waals surface area contributed by atoms with E-state index in [4.69, 9.17) is 10.5 Å². The molecule has 0 radical (unpaired) electrons. The van der Waals surface area contributed by atoms with Crippen LogP contribution in [-0.2, 0) is 11.3 Å². The van der Waals surface area contributed by atoms with Gasteiger partial charge in [-0.05, 0) is 37.7 Å². The number of nitrogens with two attached hydrogens (primary N) is 1. The Labute approximate surface area is 104 Å². The summed E-state index contributed by atoms with van der Waals surface area (Å²) in [5, 5.41) is 0. The van der Waals surface area contributed by atoms with Crippen molar-refractivity contribution in [2.45, 2.75) is 45.3 Å². The van der Waals surface area contributed by atoms with Crippen molar-refractivity contribution in [2.24, 2.45) is 11.7 Å². The van der Waals surface area contributed by atoms with Crippen molar-refractivity contribution in [3.05, 3.63) is 35.4 Å². The van der Waals surface area contributed by atoms with Gasteiger partial charge in [0.15, 0.2) is 0 Å². The van der Waals surface area contributed by atoms with E-state index in [9.17, 15) is 0 Å². The van der Waals surface area contributed by atoms with Gasteiger partial charge in [0, 0.05) is 6.54 Å². The summed E-state index contributed by atoms with van der Waals surface area (Å²) in [6.07, 6.45) is 3.46. The number of hydrogen-bond donors (Lipinski definition) is 1. The van der Waals surface area contributed by atoms with E-state index in [1.54, 1.807) is 0 Å². The van der Waals surface area contributed by atoms with Crippen molar-refractivity contribution in [3.63, 3.8) is 0 Å². The minimum atomic E-state index is -0.0652. The van der Waals surface area contributed by atoms with Gasteiger partial charge in [-0.1, -0.05) is 36.8 Å². The molecule has 2 rings (SSSR count). The summed E-state index contributed by atoms with van der Waals surface area (Å²) in [5.74, 6) is 0.747. The summed E-state index contributed by atoms with van der Waals surface area (Å²) in [6.45, 7) is 5.71. The van der Waals surface area contributed by atoms with Crippen LogP contribution in [0.15, 0.2) is 24.3 Å². The molecule has 2 heteroatoms. The fraction of sp³-hybridized carbons (Fsp3) is 0.600. The molecule has 1 aliphatic rings. The topological polar surface area (TPSA) is 35.2 Å². The van der Waals surface area contributed by atoms with Crippen molar-refractivity contribution in [3.8, 4) is 0 Å². The molecule has 0 spiro atoms. The van der Waals surface area contributed by atoms with Gasteiger partial charge in [-0.2, -0.15) is 0 Å². The molecule has 94 valence electrons. The van der Waals surface area contributed by atoms with Gasteiger partial charge in [-0.3, -0.25) is 0 Å². The quantitative estimate of drug-likeness (QED) is 0.867. The smallest absolute Gasteiger partial charge is 0.0811 e. The molecule has 2 atom stereocenters. The number of ether oxygens (including phenoxy) is 1. The molecule has 1 fully saturated rings. The lowest BCUT2D eigenvalue weighted by Gasteiger charge is -2.28. The van der Waals surface area contributed by atoms with Crippen LogP contribution >= 0.6 is 0 Å². The highest BCUT2D eigenvalue weighted by molar-refractivity contribution is 5.20. The molecule has 1 aliphatic carbocycles. The molecule has 0 heterocycles. The minimum Gasteiger partial charge on any atom is -0.369 e. The van der Waals surface area contributed by atoms with Crippen LogP contribution in [0.1, 0.15) is 37.3 Å². The molecule has 0 saturated heterocycles. The Morgan fingerprint density at radius 2 is 2.06 bits per heavy atom. The molecule has 0 amide bonds. The molecule has 2 unspecified atom stereocenters. The third-order valence-corrected chi connectivity index (χ3v) is 3.85. The fourth-order valence-corrected chi connectivity index (χ4v) is 2.64. The van der Waals surface area contributed by atoms with Crippen LogP contribution in [0.3, 0.4) is 0 Å². The van der Waals surface area contributed by atoms with Crippen molar-refractivity contribution in [1.29, 1.82) is 0 Å². The molecule has 1 aromatic carbocycles. The predicted octanol–water partition coefficient (Wildman–Crippen LogP) is 3.03. The zero-order chi connectivity index (χ0) is 12.3. The fourth-order valence-electron chi connectivity index (χ4n) is 2.64. The Balaban J connectivity index is 1.94. The average Bonchev–Trinajstić information content (AvgIpc) is 2.71. The zero-order valence-electron chi connectivity index (χ0n) is 10.9. The van der Waals surface area contributed by atoms with Gasteiger partial charge in [0.05, 0.1) is 12.2 Å². The van der Waals surface area contributed by atoms with Crippen LogP contribution in [0.2, 0.25) is 0 Å². The van der Waals surface area contributed by atoms with Crippen LogP contribution in [0.25, 0.3) is 0 Å².